The molecule has 5 rings (SSSR count). The van der Waals surface area contributed by atoms with Crippen molar-refractivity contribution in [1.82, 2.24) is 19.8 Å². The lowest BCUT2D eigenvalue weighted by Crippen LogP contribution is -2.40. The predicted molar refractivity (Wildman–Crippen MR) is 137 cm³/mol. The van der Waals surface area contributed by atoms with Gasteiger partial charge in [0.1, 0.15) is 0 Å². The molecule has 32 heavy (non-hydrogen) atoms. The lowest BCUT2D eigenvalue weighted by atomic mass is 9.90. The van der Waals surface area contributed by atoms with Gasteiger partial charge in [-0.1, -0.05) is 47.3 Å². The van der Waals surface area contributed by atoms with Gasteiger partial charge >= 0.3 is 0 Å². The van der Waals surface area contributed by atoms with E-state index in [2.05, 4.69) is 87.0 Å². The van der Waals surface area contributed by atoms with E-state index in [1.165, 1.54) is 54.7 Å². The van der Waals surface area contributed by atoms with E-state index in [1.807, 2.05) is 12.3 Å². The van der Waals surface area contributed by atoms with Crippen molar-refractivity contribution in [1.29, 1.82) is 0 Å². The fraction of sp³-hybridized carbons (Fsp3) is 0.385. The number of rotatable bonds is 4. The fourth-order valence-corrected chi connectivity index (χ4v) is 6.33. The van der Waals surface area contributed by atoms with Crippen molar-refractivity contribution in [2.45, 2.75) is 64.1 Å². The summed E-state index contributed by atoms with van der Waals surface area (Å²) in [7, 11) is 0. The molecule has 0 spiro atoms. The van der Waals surface area contributed by atoms with Crippen LogP contribution in [0.25, 0.3) is 5.69 Å². The first-order chi connectivity index (χ1) is 15.5. The van der Waals surface area contributed by atoms with E-state index in [-0.39, 0.29) is 12.1 Å². The highest BCUT2D eigenvalue weighted by molar-refractivity contribution is 9.10. The van der Waals surface area contributed by atoms with Crippen molar-refractivity contribution in [3.8, 4) is 5.69 Å². The van der Waals surface area contributed by atoms with Crippen LogP contribution in [-0.2, 0) is 0 Å². The van der Waals surface area contributed by atoms with E-state index < -0.39 is 0 Å². The number of aryl methyl sites for hydroxylation is 1. The highest BCUT2D eigenvalue weighted by Crippen LogP contribution is 2.44. The number of nitrogens with zero attached hydrogens (tertiary/aromatic N) is 3. The van der Waals surface area contributed by atoms with Crippen LogP contribution in [0.2, 0.25) is 0 Å². The van der Waals surface area contributed by atoms with Gasteiger partial charge in [-0.15, -0.1) is 0 Å². The van der Waals surface area contributed by atoms with E-state index in [0.29, 0.717) is 6.04 Å². The van der Waals surface area contributed by atoms with E-state index in [9.17, 15) is 0 Å². The van der Waals surface area contributed by atoms with Gasteiger partial charge in [-0.05, 0) is 80.9 Å². The smallest absolute Gasteiger partial charge is 0.170 e. The van der Waals surface area contributed by atoms with Gasteiger partial charge in [0.05, 0.1) is 17.8 Å². The number of benzene rings is 1. The third-order valence-electron chi connectivity index (χ3n) is 6.96. The minimum Gasteiger partial charge on any atom is -0.352 e. The number of halogens is 1. The van der Waals surface area contributed by atoms with Crippen LogP contribution in [0.15, 0.2) is 59.2 Å². The Labute approximate surface area is 204 Å². The van der Waals surface area contributed by atoms with E-state index in [4.69, 9.17) is 17.2 Å². The predicted octanol–water partition coefficient (Wildman–Crippen LogP) is 6.56. The molecule has 0 bridgehead atoms. The molecule has 3 aromatic rings. The molecule has 1 N–H and O–H groups in total. The standard InChI is InChI=1S/C26H29BrN4S/c1-17-15-22(18(2)30(17)21-12-8-9-19(27)16-21)25-24(23-13-6-7-14-28-23)29-26(32)31(25)20-10-4-3-5-11-20/h6-9,12-16,20,24-25H,3-5,10-11H2,1-2H3,(H,29,32). The van der Waals surface area contributed by atoms with Gasteiger partial charge in [0, 0.05) is 33.8 Å². The van der Waals surface area contributed by atoms with Crippen LogP contribution in [-0.4, -0.2) is 25.6 Å². The Bertz CT molecular complexity index is 1120. The maximum absolute atomic E-state index is 5.94. The summed E-state index contributed by atoms with van der Waals surface area (Å²) in [4.78, 5) is 7.22. The zero-order valence-corrected chi connectivity index (χ0v) is 21.0. The number of thiocarbonyl (C=S) groups is 1. The molecular weight excluding hydrogens is 480 g/mol. The molecule has 166 valence electrons. The number of aromatic nitrogens is 2. The second-order valence-electron chi connectivity index (χ2n) is 8.97. The lowest BCUT2D eigenvalue weighted by Gasteiger charge is -2.37. The van der Waals surface area contributed by atoms with Crippen LogP contribution < -0.4 is 5.32 Å². The molecule has 2 aromatic heterocycles. The molecule has 3 heterocycles. The van der Waals surface area contributed by atoms with Gasteiger partial charge < -0.3 is 14.8 Å². The maximum atomic E-state index is 5.94. The molecule has 1 aliphatic heterocycles. The highest BCUT2D eigenvalue weighted by atomic mass is 79.9. The maximum Gasteiger partial charge on any atom is 0.170 e. The largest absolute Gasteiger partial charge is 0.352 e. The summed E-state index contributed by atoms with van der Waals surface area (Å²) in [6.07, 6.45) is 8.18. The Morgan fingerprint density at radius 2 is 1.84 bits per heavy atom. The fourth-order valence-electron chi connectivity index (χ4n) is 5.55. The van der Waals surface area contributed by atoms with Crippen LogP contribution in [0.1, 0.15) is 66.8 Å². The van der Waals surface area contributed by atoms with Crippen molar-refractivity contribution >= 4 is 33.3 Å². The number of hydrogen-bond donors (Lipinski definition) is 1. The molecule has 2 unspecified atom stereocenters. The Morgan fingerprint density at radius 3 is 2.56 bits per heavy atom. The molecule has 0 radical (unpaired) electrons. The van der Waals surface area contributed by atoms with Crippen molar-refractivity contribution < 1.29 is 0 Å². The zero-order chi connectivity index (χ0) is 22.2. The Morgan fingerprint density at radius 1 is 1.03 bits per heavy atom. The quantitative estimate of drug-likeness (QED) is 0.404. The van der Waals surface area contributed by atoms with Crippen molar-refractivity contribution in [3.63, 3.8) is 0 Å². The van der Waals surface area contributed by atoms with Crippen molar-refractivity contribution in [3.05, 3.63) is 81.8 Å². The van der Waals surface area contributed by atoms with Gasteiger partial charge in [-0.3, -0.25) is 4.98 Å². The second kappa shape index (κ2) is 8.99. The molecular formula is C26H29BrN4S. The normalized spacial score (nSPS) is 21.7. The molecule has 1 aromatic carbocycles. The highest BCUT2D eigenvalue weighted by Gasteiger charge is 2.44. The minimum atomic E-state index is 0.0436. The summed E-state index contributed by atoms with van der Waals surface area (Å²) in [5, 5.41) is 4.51. The molecule has 1 saturated heterocycles. The summed E-state index contributed by atoms with van der Waals surface area (Å²) >= 11 is 9.58. The first kappa shape index (κ1) is 21.7. The molecule has 1 saturated carbocycles. The summed E-state index contributed by atoms with van der Waals surface area (Å²) in [6.45, 7) is 4.43. The van der Waals surface area contributed by atoms with Gasteiger partial charge in [0.25, 0.3) is 0 Å². The van der Waals surface area contributed by atoms with Gasteiger partial charge in [-0.25, -0.2) is 0 Å². The molecule has 0 amide bonds. The summed E-state index contributed by atoms with van der Waals surface area (Å²) < 4.78 is 3.44. The topological polar surface area (TPSA) is 33.1 Å². The first-order valence-corrected chi connectivity index (χ1v) is 12.7. The van der Waals surface area contributed by atoms with Crippen LogP contribution >= 0.6 is 28.1 Å². The van der Waals surface area contributed by atoms with Crippen LogP contribution in [0.3, 0.4) is 0 Å². The third kappa shape index (κ3) is 3.88. The third-order valence-corrected chi connectivity index (χ3v) is 7.78. The Hall–Kier alpha value is -2.18. The summed E-state index contributed by atoms with van der Waals surface area (Å²) in [5.41, 5.74) is 6.05. The monoisotopic (exact) mass is 508 g/mol. The van der Waals surface area contributed by atoms with Crippen LogP contribution in [0.4, 0.5) is 0 Å². The lowest BCUT2D eigenvalue weighted by molar-refractivity contribution is 0.197. The SMILES string of the molecule is Cc1cc(C2C(c3ccccn3)NC(=S)N2C2CCCCC2)c(C)n1-c1cccc(Br)c1. The number of nitrogens with one attached hydrogen (secondary N) is 1. The van der Waals surface area contributed by atoms with Gasteiger partial charge in [0.2, 0.25) is 0 Å². The molecule has 1 aliphatic carbocycles. The van der Waals surface area contributed by atoms with Crippen LogP contribution in [0, 0.1) is 13.8 Å². The average Bonchev–Trinajstić information content (AvgIpc) is 3.30. The molecule has 6 heteroatoms. The molecule has 2 aliphatic rings. The molecule has 2 fully saturated rings. The molecule has 2 atom stereocenters. The van der Waals surface area contributed by atoms with E-state index in [0.717, 1.165) is 15.3 Å². The van der Waals surface area contributed by atoms with E-state index >= 15 is 0 Å². The Balaban J connectivity index is 1.63. The van der Waals surface area contributed by atoms with Crippen molar-refractivity contribution in [2.24, 2.45) is 0 Å². The zero-order valence-electron chi connectivity index (χ0n) is 18.6. The summed E-state index contributed by atoms with van der Waals surface area (Å²) in [6, 6.07) is 17.7. The van der Waals surface area contributed by atoms with Crippen molar-refractivity contribution in [2.75, 3.05) is 0 Å². The number of hydrogen-bond acceptors (Lipinski definition) is 2. The first-order valence-electron chi connectivity index (χ1n) is 11.5. The van der Waals surface area contributed by atoms with Gasteiger partial charge in [0.15, 0.2) is 5.11 Å². The van der Waals surface area contributed by atoms with E-state index in [1.54, 1.807) is 0 Å². The average molecular weight is 510 g/mol. The summed E-state index contributed by atoms with van der Waals surface area (Å²) in [5.74, 6) is 0. The minimum absolute atomic E-state index is 0.0436. The van der Waals surface area contributed by atoms with Crippen LogP contribution in [0.5, 0.6) is 0 Å². The van der Waals surface area contributed by atoms with Gasteiger partial charge in [-0.2, -0.15) is 0 Å². The Kier molecular flexibility index (Phi) is 6.08. The second-order valence-corrected chi connectivity index (χ2v) is 10.3. The number of pyridine rings is 1. The molecule has 4 nitrogen and oxygen atoms in total.